The summed E-state index contributed by atoms with van der Waals surface area (Å²) in [4.78, 5) is 29.1. The van der Waals surface area contributed by atoms with Gasteiger partial charge in [0.15, 0.2) is 0 Å². The van der Waals surface area contributed by atoms with Gasteiger partial charge in [0.25, 0.3) is 0 Å². The van der Waals surface area contributed by atoms with Crippen LogP contribution in [0, 0.1) is 11.8 Å². The molecule has 4 aliphatic rings. The number of carboxylic acid groups (broad SMARTS) is 1. The van der Waals surface area contributed by atoms with Crippen LogP contribution in [0.4, 0.5) is 0 Å². The van der Waals surface area contributed by atoms with Gasteiger partial charge in [0.2, 0.25) is 5.91 Å². The molecule has 0 aromatic carbocycles. The zero-order valence-electron chi connectivity index (χ0n) is 15.2. The minimum atomic E-state index is -0.739. The highest BCUT2D eigenvalue weighted by atomic mass is 16.4. The molecule has 5 atom stereocenters. The maximum Gasteiger partial charge on any atom is 0.320 e. The molecule has 140 valence electrons. The van der Waals surface area contributed by atoms with Crippen molar-refractivity contribution in [3.8, 4) is 0 Å². The molecule has 2 saturated carbocycles. The van der Waals surface area contributed by atoms with Crippen molar-refractivity contribution in [1.82, 2.24) is 9.80 Å². The summed E-state index contributed by atoms with van der Waals surface area (Å²) in [5.41, 5.74) is 0. The van der Waals surface area contributed by atoms with Crippen LogP contribution in [0.15, 0.2) is 0 Å². The van der Waals surface area contributed by atoms with Crippen molar-refractivity contribution in [2.45, 2.75) is 88.8 Å². The van der Waals surface area contributed by atoms with E-state index >= 15 is 0 Å². The fourth-order valence-corrected chi connectivity index (χ4v) is 6.20. The number of likely N-dealkylation sites (tertiary alicyclic amines) is 2. The first-order valence-electron chi connectivity index (χ1n) is 10.4. The lowest BCUT2D eigenvalue weighted by Gasteiger charge is -2.45. The fourth-order valence-electron chi connectivity index (χ4n) is 6.20. The molecule has 2 aliphatic heterocycles. The van der Waals surface area contributed by atoms with Crippen LogP contribution in [0.3, 0.4) is 0 Å². The Labute approximate surface area is 150 Å². The Bertz CT molecular complexity index is 521. The van der Waals surface area contributed by atoms with E-state index in [1.165, 1.54) is 38.5 Å². The molecule has 2 heterocycles. The molecule has 0 aromatic rings. The Morgan fingerprint density at radius 2 is 1.48 bits per heavy atom. The van der Waals surface area contributed by atoms with Crippen molar-refractivity contribution in [3.05, 3.63) is 0 Å². The van der Waals surface area contributed by atoms with E-state index in [1.807, 2.05) is 0 Å². The van der Waals surface area contributed by atoms with Crippen LogP contribution in [-0.2, 0) is 9.59 Å². The lowest BCUT2D eigenvalue weighted by atomic mass is 9.78. The molecule has 1 amide bonds. The third kappa shape index (κ3) is 3.32. The van der Waals surface area contributed by atoms with Crippen molar-refractivity contribution in [1.29, 1.82) is 0 Å². The first kappa shape index (κ1) is 17.3. The van der Waals surface area contributed by atoms with E-state index in [-0.39, 0.29) is 5.91 Å². The number of amides is 1. The van der Waals surface area contributed by atoms with Crippen LogP contribution in [0.2, 0.25) is 0 Å². The Hall–Kier alpha value is -1.10. The highest BCUT2D eigenvalue weighted by Crippen LogP contribution is 2.40. The van der Waals surface area contributed by atoms with Crippen LogP contribution in [0.25, 0.3) is 0 Å². The number of carboxylic acids is 1. The number of carbonyl (C=O) groups is 2. The van der Waals surface area contributed by atoms with E-state index < -0.39 is 12.0 Å². The second-order valence-corrected chi connectivity index (χ2v) is 8.72. The van der Waals surface area contributed by atoms with Crippen LogP contribution in [-0.4, -0.2) is 58.0 Å². The molecule has 0 radical (unpaired) electrons. The monoisotopic (exact) mass is 348 g/mol. The van der Waals surface area contributed by atoms with E-state index in [0.717, 1.165) is 38.6 Å². The van der Waals surface area contributed by atoms with Gasteiger partial charge in [-0.05, 0) is 56.8 Å². The average Bonchev–Trinajstić information content (AvgIpc) is 3.00. The first-order chi connectivity index (χ1) is 12.1. The number of nitrogens with zero attached hydrogens (tertiary/aromatic N) is 2. The molecule has 4 fully saturated rings. The molecular formula is C20H32N2O3. The predicted octanol–water partition coefficient (Wildman–Crippen LogP) is 2.89. The Kier molecular flexibility index (Phi) is 5.03. The summed E-state index contributed by atoms with van der Waals surface area (Å²) in [6.07, 6.45) is 12.6. The minimum absolute atomic E-state index is 0.189. The molecule has 0 bridgehead atoms. The van der Waals surface area contributed by atoms with Gasteiger partial charge in [0.1, 0.15) is 6.04 Å². The van der Waals surface area contributed by atoms with Gasteiger partial charge in [-0.15, -0.1) is 0 Å². The van der Waals surface area contributed by atoms with Gasteiger partial charge in [-0.25, -0.2) is 0 Å². The third-order valence-electron chi connectivity index (χ3n) is 7.39. The van der Waals surface area contributed by atoms with Crippen molar-refractivity contribution >= 4 is 11.9 Å². The van der Waals surface area contributed by atoms with Crippen molar-refractivity contribution < 1.29 is 14.7 Å². The van der Waals surface area contributed by atoms with E-state index in [2.05, 4.69) is 9.80 Å². The molecular weight excluding hydrogens is 316 g/mol. The summed E-state index contributed by atoms with van der Waals surface area (Å²) < 4.78 is 0. The predicted molar refractivity (Wildman–Crippen MR) is 95.2 cm³/mol. The molecule has 0 spiro atoms. The van der Waals surface area contributed by atoms with Gasteiger partial charge in [-0.3, -0.25) is 14.5 Å². The van der Waals surface area contributed by atoms with Gasteiger partial charge in [0.05, 0.1) is 6.54 Å². The van der Waals surface area contributed by atoms with Crippen molar-refractivity contribution in [3.63, 3.8) is 0 Å². The topological polar surface area (TPSA) is 60.9 Å². The lowest BCUT2D eigenvalue weighted by molar-refractivity contribution is -0.146. The summed E-state index contributed by atoms with van der Waals surface area (Å²) in [6.45, 7) is 1.20. The van der Waals surface area contributed by atoms with Gasteiger partial charge >= 0.3 is 5.97 Å². The second-order valence-electron chi connectivity index (χ2n) is 8.72. The number of carbonyl (C=O) groups excluding carboxylic acids is 1. The van der Waals surface area contributed by atoms with E-state index in [9.17, 15) is 14.7 Å². The van der Waals surface area contributed by atoms with Crippen molar-refractivity contribution in [2.24, 2.45) is 11.8 Å². The summed E-state index contributed by atoms with van der Waals surface area (Å²) in [6, 6.07) is 0.276. The van der Waals surface area contributed by atoms with Gasteiger partial charge in [-0.1, -0.05) is 25.7 Å². The highest BCUT2D eigenvalue weighted by Gasteiger charge is 2.46. The quantitative estimate of drug-likeness (QED) is 0.852. The largest absolute Gasteiger partial charge is 0.480 e. The number of fused-ring (bicyclic) bond motifs is 2. The molecule has 0 unspecified atom stereocenters. The molecule has 1 N–H and O–H groups in total. The van der Waals surface area contributed by atoms with Crippen LogP contribution in [0.1, 0.15) is 70.6 Å². The minimum Gasteiger partial charge on any atom is -0.480 e. The maximum absolute atomic E-state index is 13.1. The molecule has 2 aliphatic carbocycles. The zero-order chi connectivity index (χ0) is 17.4. The van der Waals surface area contributed by atoms with Gasteiger partial charge in [0, 0.05) is 18.6 Å². The fraction of sp³-hybridized carbons (Fsp3) is 0.900. The highest BCUT2D eigenvalue weighted by molar-refractivity contribution is 5.81. The van der Waals surface area contributed by atoms with E-state index in [4.69, 9.17) is 0 Å². The van der Waals surface area contributed by atoms with Crippen LogP contribution < -0.4 is 0 Å². The zero-order valence-corrected chi connectivity index (χ0v) is 15.2. The maximum atomic E-state index is 13.1. The summed E-state index contributed by atoms with van der Waals surface area (Å²) in [5, 5.41) is 9.67. The third-order valence-corrected chi connectivity index (χ3v) is 7.39. The summed E-state index contributed by atoms with van der Waals surface area (Å²) in [7, 11) is 0. The van der Waals surface area contributed by atoms with Crippen LogP contribution >= 0.6 is 0 Å². The number of piperidine rings is 1. The Morgan fingerprint density at radius 3 is 2.24 bits per heavy atom. The molecule has 5 heteroatoms. The molecule has 0 aromatic heterocycles. The average molecular weight is 348 g/mol. The summed E-state index contributed by atoms with van der Waals surface area (Å²) in [5.74, 6) is 0.611. The standard InChI is InChI=1S/C20H32N2O3/c23-19(21-11-5-8-14-6-1-3-9-16(14)21)13-22-17-10-4-2-7-15(17)12-18(22)20(24)25/h14-18H,1-13H2,(H,24,25)/t14-,15-,16+,17-,18-/m0/s1. The van der Waals surface area contributed by atoms with Crippen LogP contribution in [0.5, 0.6) is 0 Å². The molecule has 2 saturated heterocycles. The Balaban J connectivity index is 1.47. The second kappa shape index (κ2) is 7.26. The van der Waals surface area contributed by atoms with Gasteiger partial charge < -0.3 is 10.0 Å². The number of rotatable bonds is 3. The van der Waals surface area contributed by atoms with E-state index in [1.54, 1.807) is 0 Å². The molecule has 25 heavy (non-hydrogen) atoms. The number of hydrogen-bond donors (Lipinski definition) is 1. The smallest absolute Gasteiger partial charge is 0.320 e. The SMILES string of the molecule is O=C(O)[C@@H]1C[C@@H]2CCCC[C@@H]2N1CC(=O)N1CCC[C@@H]2CCCC[C@H]21. The lowest BCUT2D eigenvalue weighted by Crippen LogP contribution is -2.54. The molecule has 5 nitrogen and oxygen atoms in total. The first-order valence-corrected chi connectivity index (χ1v) is 10.4. The van der Waals surface area contributed by atoms with Gasteiger partial charge in [-0.2, -0.15) is 0 Å². The normalized spacial score (nSPS) is 38.9. The van der Waals surface area contributed by atoms with E-state index in [0.29, 0.717) is 30.5 Å². The number of aliphatic carboxylic acids is 1. The summed E-state index contributed by atoms with van der Waals surface area (Å²) >= 11 is 0. The Morgan fingerprint density at radius 1 is 0.840 bits per heavy atom. The van der Waals surface area contributed by atoms with Crippen molar-refractivity contribution in [2.75, 3.05) is 13.1 Å². The number of hydrogen-bond acceptors (Lipinski definition) is 3. The molecule has 4 rings (SSSR count).